The lowest BCUT2D eigenvalue weighted by molar-refractivity contribution is -0.144. The molecule has 4 rings (SSSR count). The lowest BCUT2D eigenvalue weighted by Gasteiger charge is -2.09. The zero-order valence-corrected chi connectivity index (χ0v) is 17.3. The Bertz CT molecular complexity index is 1360. The van der Waals surface area contributed by atoms with Crippen molar-refractivity contribution >= 4 is 45.3 Å². The molecule has 0 saturated carbocycles. The van der Waals surface area contributed by atoms with Gasteiger partial charge in [0.15, 0.2) is 5.69 Å². The fourth-order valence-electron chi connectivity index (χ4n) is 3.20. The summed E-state index contributed by atoms with van der Waals surface area (Å²) < 4.78 is 10.5. The second-order valence-corrected chi connectivity index (χ2v) is 7.38. The number of hydrogen-bond acceptors (Lipinski definition) is 6. The van der Waals surface area contributed by atoms with Gasteiger partial charge in [-0.05, 0) is 30.7 Å². The van der Waals surface area contributed by atoms with Crippen molar-refractivity contribution in [3.8, 4) is 0 Å². The third-order valence-corrected chi connectivity index (χ3v) is 5.21. The van der Waals surface area contributed by atoms with Gasteiger partial charge in [0.2, 0.25) is 0 Å². The first-order chi connectivity index (χ1) is 14.9. The van der Waals surface area contributed by atoms with E-state index in [1.54, 1.807) is 25.1 Å². The quantitative estimate of drug-likeness (QED) is 0.351. The predicted molar refractivity (Wildman–Crippen MR) is 115 cm³/mol. The van der Waals surface area contributed by atoms with Crippen LogP contribution in [0.2, 0.25) is 5.02 Å². The molecule has 0 aliphatic rings. The average Bonchev–Trinajstić information content (AvgIpc) is 3.17. The molecule has 0 fully saturated rings. The number of aryl methyl sites for hydroxylation is 1. The third-order valence-electron chi connectivity index (χ3n) is 4.80. The summed E-state index contributed by atoms with van der Waals surface area (Å²) in [5.74, 6) is -0.909. The maximum Gasteiger partial charge on any atom is 0.336 e. The summed E-state index contributed by atoms with van der Waals surface area (Å²) in [6.45, 7) is 1.77. The summed E-state index contributed by atoms with van der Waals surface area (Å²) in [6.07, 6.45) is -0.0344. The van der Waals surface area contributed by atoms with Gasteiger partial charge in [-0.3, -0.25) is 14.7 Å². The molecule has 0 saturated heterocycles. The number of para-hydroxylation sites is 1. The molecule has 0 bridgehead atoms. The minimum Gasteiger partial charge on any atom is -0.461 e. The number of rotatable bonds is 6. The van der Waals surface area contributed by atoms with Crippen LogP contribution in [-0.4, -0.2) is 28.6 Å². The van der Waals surface area contributed by atoms with Crippen LogP contribution >= 0.6 is 11.6 Å². The van der Waals surface area contributed by atoms with Gasteiger partial charge in [0, 0.05) is 34.0 Å². The molecular weight excluding hydrogens is 422 g/mol. The van der Waals surface area contributed by atoms with Gasteiger partial charge >= 0.3 is 11.6 Å². The van der Waals surface area contributed by atoms with Gasteiger partial charge in [-0.2, -0.15) is 5.10 Å². The number of halogens is 1. The topological polar surface area (TPSA) is 114 Å². The van der Waals surface area contributed by atoms with Crippen LogP contribution in [-0.2, 0) is 16.1 Å². The number of benzene rings is 2. The Morgan fingerprint density at radius 2 is 2.00 bits per heavy atom. The molecule has 31 heavy (non-hydrogen) atoms. The van der Waals surface area contributed by atoms with Crippen LogP contribution in [0.15, 0.2) is 51.7 Å². The van der Waals surface area contributed by atoms with Gasteiger partial charge in [0.05, 0.1) is 11.9 Å². The zero-order valence-electron chi connectivity index (χ0n) is 16.5. The molecule has 9 heteroatoms. The highest BCUT2D eigenvalue weighted by Crippen LogP contribution is 2.25. The number of ether oxygens (including phenoxy) is 1. The summed E-state index contributed by atoms with van der Waals surface area (Å²) in [5, 5.41) is 11.3. The summed E-state index contributed by atoms with van der Waals surface area (Å²) in [6, 6.07) is 11.9. The van der Waals surface area contributed by atoms with Crippen LogP contribution in [0.1, 0.15) is 28.0 Å². The first-order valence-corrected chi connectivity index (χ1v) is 9.90. The monoisotopic (exact) mass is 439 g/mol. The highest BCUT2D eigenvalue weighted by molar-refractivity contribution is 6.32. The molecule has 2 N–H and O–H groups in total. The maximum atomic E-state index is 12.3. The van der Waals surface area contributed by atoms with E-state index in [0.29, 0.717) is 26.9 Å². The number of H-pyrrole nitrogens is 1. The second-order valence-electron chi connectivity index (χ2n) is 6.97. The lowest BCUT2D eigenvalue weighted by atomic mass is 10.1. The first kappa shape index (κ1) is 20.6. The molecule has 1 amide bonds. The Kier molecular flexibility index (Phi) is 5.73. The van der Waals surface area contributed by atoms with E-state index in [1.807, 2.05) is 18.2 Å². The van der Waals surface area contributed by atoms with E-state index in [4.69, 9.17) is 20.8 Å². The number of carbonyl (C=O) groups excluding carboxylic acids is 2. The van der Waals surface area contributed by atoms with E-state index in [-0.39, 0.29) is 31.2 Å². The van der Waals surface area contributed by atoms with Crippen molar-refractivity contribution in [2.45, 2.75) is 20.0 Å². The van der Waals surface area contributed by atoms with E-state index < -0.39 is 11.6 Å². The number of fused-ring (bicyclic) bond motifs is 2. The van der Waals surface area contributed by atoms with Crippen LogP contribution < -0.4 is 10.9 Å². The molecule has 2 aromatic carbocycles. The number of hydrogen-bond donors (Lipinski definition) is 2. The summed E-state index contributed by atoms with van der Waals surface area (Å²) in [5.41, 5.74) is 2.11. The van der Waals surface area contributed by atoms with Gasteiger partial charge in [-0.15, -0.1) is 0 Å². The molecule has 2 heterocycles. The molecular formula is C22H18ClN3O5. The van der Waals surface area contributed by atoms with Crippen molar-refractivity contribution in [3.05, 3.63) is 74.7 Å². The second kappa shape index (κ2) is 8.61. The molecule has 0 aliphatic heterocycles. The van der Waals surface area contributed by atoms with Crippen molar-refractivity contribution < 1.29 is 18.7 Å². The molecule has 0 unspecified atom stereocenters. The summed E-state index contributed by atoms with van der Waals surface area (Å²) in [4.78, 5) is 36.2. The molecule has 0 radical (unpaired) electrons. The van der Waals surface area contributed by atoms with Crippen LogP contribution in [0, 0.1) is 6.92 Å². The Morgan fingerprint density at radius 1 is 1.19 bits per heavy atom. The van der Waals surface area contributed by atoms with Gasteiger partial charge in [-0.1, -0.05) is 29.8 Å². The van der Waals surface area contributed by atoms with E-state index in [2.05, 4.69) is 15.5 Å². The molecule has 4 aromatic rings. The summed E-state index contributed by atoms with van der Waals surface area (Å²) in [7, 11) is 0. The molecule has 2 aromatic heterocycles. The number of carbonyl (C=O) groups is 2. The molecule has 8 nitrogen and oxygen atoms in total. The van der Waals surface area contributed by atoms with Gasteiger partial charge < -0.3 is 14.5 Å². The SMILES string of the molecule is Cc1cc2oc(=O)cc(COC(=O)CCNC(=O)c3n[nH]c4ccccc34)c2cc1Cl. The van der Waals surface area contributed by atoms with Crippen molar-refractivity contribution in [2.24, 2.45) is 0 Å². The standard InChI is InChI=1S/C22H18ClN3O5/c1-12-8-18-15(10-16(12)23)13(9-20(28)31-18)11-30-19(27)6-7-24-22(29)21-14-4-2-3-5-17(14)25-26-21/h2-5,8-10H,6-7,11H2,1H3,(H,24,29)(H,25,26). The average molecular weight is 440 g/mol. The number of aromatic amines is 1. The Balaban J connectivity index is 1.35. The number of nitrogens with one attached hydrogen (secondary N) is 2. The van der Waals surface area contributed by atoms with Crippen LogP contribution in [0.4, 0.5) is 0 Å². The Hall–Kier alpha value is -3.65. The number of amides is 1. The minimum absolute atomic E-state index is 0.0344. The fourth-order valence-corrected chi connectivity index (χ4v) is 3.36. The highest BCUT2D eigenvalue weighted by atomic mass is 35.5. The van der Waals surface area contributed by atoms with E-state index in [1.165, 1.54) is 6.07 Å². The lowest BCUT2D eigenvalue weighted by Crippen LogP contribution is -2.27. The zero-order chi connectivity index (χ0) is 22.0. The Labute approximate surface area is 181 Å². The van der Waals surface area contributed by atoms with Crippen LogP contribution in [0.25, 0.3) is 21.9 Å². The largest absolute Gasteiger partial charge is 0.461 e. The number of nitrogens with zero attached hydrogens (tertiary/aromatic N) is 1. The molecule has 158 valence electrons. The predicted octanol–water partition coefficient (Wildman–Crippen LogP) is 3.49. The number of esters is 1. The normalized spacial score (nSPS) is 11.0. The Morgan fingerprint density at radius 3 is 2.84 bits per heavy atom. The third kappa shape index (κ3) is 4.44. The molecule has 0 atom stereocenters. The fraction of sp³-hybridized carbons (Fsp3) is 0.182. The van der Waals surface area contributed by atoms with Gasteiger partial charge in [-0.25, -0.2) is 4.79 Å². The minimum atomic E-state index is -0.543. The van der Waals surface area contributed by atoms with E-state index in [0.717, 1.165) is 11.1 Å². The van der Waals surface area contributed by atoms with Crippen LogP contribution in [0.3, 0.4) is 0 Å². The van der Waals surface area contributed by atoms with E-state index >= 15 is 0 Å². The van der Waals surface area contributed by atoms with Crippen LogP contribution in [0.5, 0.6) is 0 Å². The van der Waals surface area contributed by atoms with Crippen molar-refractivity contribution in [2.75, 3.05) is 6.54 Å². The van der Waals surface area contributed by atoms with Crippen molar-refractivity contribution in [1.82, 2.24) is 15.5 Å². The maximum absolute atomic E-state index is 12.3. The molecule has 0 aliphatic carbocycles. The van der Waals surface area contributed by atoms with Crippen molar-refractivity contribution in [1.29, 1.82) is 0 Å². The van der Waals surface area contributed by atoms with Gasteiger partial charge in [0.1, 0.15) is 12.2 Å². The van der Waals surface area contributed by atoms with E-state index in [9.17, 15) is 14.4 Å². The van der Waals surface area contributed by atoms with Gasteiger partial charge in [0.25, 0.3) is 5.91 Å². The molecule has 0 spiro atoms. The highest BCUT2D eigenvalue weighted by Gasteiger charge is 2.15. The summed E-state index contributed by atoms with van der Waals surface area (Å²) >= 11 is 6.16. The van der Waals surface area contributed by atoms with Crippen molar-refractivity contribution in [3.63, 3.8) is 0 Å². The number of aromatic nitrogens is 2. The smallest absolute Gasteiger partial charge is 0.336 e. The first-order valence-electron chi connectivity index (χ1n) is 9.52.